The van der Waals surface area contributed by atoms with Gasteiger partial charge in [-0.05, 0) is 32.0 Å². The van der Waals surface area contributed by atoms with Crippen LogP contribution in [0, 0.1) is 0 Å². The zero-order valence-corrected chi connectivity index (χ0v) is 8.69. The molecule has 14 heavy (non-hydrogen) atoms. The monoisotopic (exact) mass is 190 g/mol. The molecular weight excluding hydrogens is 172 g/mol. The third-order valence-corrected chi connectivity index (χ3v) is 3.18. The van der Waals surface area contributed by atoms with Gasteiger partial charge in [-0.1, -0.05) is 30.3 Å². The quantitative estimate of drug-likeness (QED) is 0.770. The fraction of sp³-hybridized carbons (Fsp3) is 0.500. The summed E-state index contributed by atoms with van der Waals surface area (Å²) in [5.74, 6) is 0. The van der Waals surface area contributed by atoms with Crippen LogP contribution in [0.3, 0.4) is 0 Å². The van der Waals surface area contributed by atoms with E-state index in [4.69, 9.17) is 5.73 Å². The lowest BCUT2D eigenvalue weighted by Gasteiger charge is -2.26. The zero-order chi connectivity index (χ0) is 9.97. The third-order valence-electron chi connectivity index (χ3n) is 3.18. The molecule has 2 atom stereocenters. The summed E-state index contributed by atoms with van der Waals surface area (Å²) in [7, 11) is 2.17. The van der Waals surface area contributed by atoms with E-state index in [0.717, 1.165) is 0 Å². The number of benzene rings is 1. The molecule has 1 heterocycles. The number of likely N-dealkylation sites (N-methyl/N-ethyl adjacent to an activating group) is 1. The summed E-state index contributed by atoms with van der Waals surface area (Å²) >= 11 is 0. The van der Waals surface area contributed by atoms with E-state index in [9.17, 15) is 0 Å². The number of nitrogens with zero attached hydrogens (tertiary/aromatic N) is 1. The van der Waals surface area contributed by atoms with Crippen molar-refractivity contribution in [1.29, 1.82) is 0 Å². The van der Waals surface area contributed by atoms with E-state index in [1.54, 1.807) is 0 Å². The summed E-state index contributed by atoms with van der Waals surface area (Å²) in [5.41, 5.74) is 7.50. The minimum atomic E-state index is 0.170. The van der Waals surface area contributed by atoms with Crippen LogP contribution in [-0.4, -0.2) is 24.5 Å². The molecule has 1 fully saturated rings. The molecule has 1 aliphatic rings. The van der Waals surface area contributed by atoms with E-state index in [1.807, 2.05) is 6.07 Å². The Kier molecular flexibility index (Phi) is 2.85. The number of nitrogens with two attached hydrogens (primary N) is 1. The Morgan fingerprint density at radius 3 is 2.64 bits per heavy atom. The van der Waals surface area contributed by atoms with Gasteiger partial charge in [0.05, 0.1) is 0 Å². The van der Waals surface area contributed by atoms with Gasteiger partial charge in [0.2, 0.25) is 0 Å². The van der Waals surface area contributed by atoms with Gasteiger partial charge in [0.1, 0.15) is 0 Å². The van der Waals surface area contributed by atoms with Gasteiger partial charge >= 0.3 is 0 Å². The molecule has 1 aromatic carbocycles. The molecule has 2 N–H and O–H groups in total. The van der Waals surface area contributed by atoms with E-state index in [-0.39, 0.29) is 6.04 Å². The van der Waals surface area contributed by atoms with Crippen LogP contribution in [0.15, 0.2) is 30.3 Å². The first kappa shape index (κ1) is 9.69. The molecule has 1 saturated heterocycles. The molecule has 0 radical (unpaired) electrons. The summed E-state index contributed by atoms with van der Waals surface area (Å²) < 4.78 is 0. The molecule has 2 heteroatoms. The molecule has 0 bridgehead atoms. The second-order valence-corrected chi connectivity index (χ2v) is 4.13. The van der Waals surface area contributed by atoms with Gasteiger partial charge < -0.3 is 10.6 Å². The maximum atomic E-state index is 6.25. The topological polar surface area (TPSA) is 29.3 Å². The normalized spacial score (nSPS) is 25.1. The maximum Gasteiger partial charge on any atom is 0.0452 e. The highest BCUT2D eigenvalue weighted by Gasteiger charge is 2.27. The Labute approximate surface area is 85.7 Å². The van der Waals surface area contributed by atoms with Gasteiger partial charge in [0, 0.05) is 12.1 Å². The number of rotatable bonds is 2. The lowest BCUT2D eigenvalue weighted by Crippen LogP contribution is -2.35. The van der Waals surface area contributed by atoms with E-state index >= 15 is 0 Å². The van der Waals surface area contributed by atoms with E-state index in [0.29, 0.717) is 6.04 Å². The second kappa shape index (κ2) is 4.11. The van der Waals surface area contributed by atoms with Gasteiger partial charge in [-0.3, -0.25) is 0 Å². The first-order valence-electron chi connectivity index (χ1n) is 5.30. The van der Waals surface area contributed by atoms with Gasteiger partial charge in [0.15, 0.2) is 0 Å². The molecule has 2 nitrogen and oxygen atoms in total. The van der Waals surface area contributed by atoms with E-state index < -0.39 is 0 Å². The number of hydrogen-bond donors (Lipinski definition) is 1. The van der Waals surface area contributed by atoms with Crippen LogP contribution in [-0.2, 0) is 0 Å². The van der Waals surface area contributed by atoms with Crippen molar-refractivity contribution in [1.82, 2.24) is 4.90 Å². The van der Waals surface area contributed by atoms with Crippen molar-refractivity contribution in [3.05, 3.63) is 35.9 Å². The Morgan fingerprint density at radius 2 is 2.07 bits per heavy atom. The van der Waals surface area contributed by atoms with Crippen LogP contribution < -0.4 is 5.73 Å². The lowest BCUT2D eigenvalue weighted by molar-refractivity contribution is 0.273. The molecule has 0 saturated carbocycles. The molecule has 0 aliphatic carbocycles. The van der Waals surface area contributed by atoms with E-state index in [1.165, 1.54) is 24.9 Å². The first-order chi connectivity index (χ1) is 6.79. The van der Waals surface area contributed by atoms with Crippen molar-refractivity contribution in [3.63, 3.8) is 0 Å². The Balaban J connectivity index is 2.12. The first-order valence-corrected chi connectivity index (χ1v) is 5.30. The summed E-state index contributed by atoms with van der Waals surface area (Å²) in [5, 5.41) is 0. The predicted octanol–water partition coefficient (Wildman–Crippen LogP) is 1.78. The highest BCUT2D eigenvalue weighted by atomic mass is 15.2. The summed E-state index contributed by atoms with van der Waals surface area (Å²) in [4.78, 5) is 2.37. The zero-order valence-electron chi connectivity index (χ0n) is 8.69. The second-order valence-electron chi connectivity index (χ2n) is 4.13. The highest BCUT2D eigenvalue weighted by molar-refractivity contribution is 5.20. The van der Waals surface area contributed by atoms with Gasteiger partial charge in [0.25, 0.3) is 0 Å². The summed E-state index contributed by atoms with van der Waals surface area (Å²) in [6.07, 6.45) is 2.51. The molecule has 0 spiro atoms. The molecule has 0 amide bonds. The Bertz CT molecular complexity index is 284. The average molecular weight is 190 g/mol. The third kappa shape index (κ3) is 1.81. The van der Waals surface area contributed by atoms with Crippen LogP contribution in [0.25, 0.3) is 0 Å². The summed E-state index contributed by atoms with van der Waals surface area (Å²) in [6.45, 7) is 1.19. The van der Waals surface area contributed by atoms with Crippen LogP contribution in [0.2, 0.25) is 0 Å². The van der Waals surface area contributed by atoms with E-state index in [2.05, 4.69) is 36.2 Å². The smallest absolute Gasteiger partial charge is 0.0452 e. The highest BCUT2D eigenvalue weighted by Crippen LogP contribution is 2.25. The van der Waals surface area contributed by atoms with Crippen molar-refractivity contribution in [2.24, 2.45) is 5.73 Å². The minimum absolute atomic E-state index is 0.170. The molecule has 1 aromatic rings. The maximum absolute atomic E-state index is 6.25. The fourth-order valence-electron chi connectivity index (χ4n) is 2.29. The predicted molar refractivity (Wildman–Crippen MR) is 59.0 cm³/mol. The number of hydrogen-bond acceptors (Lipinski definition) is 2. The van der Waals surface area contributed by atoms with Crippen molar-refractivity contribution in [3.8, 4) is 0 Å². The summed E-state index contributed by atoms with van der Waals surface area (Å²) in [6, 6.07) is 11.1. The van der Waals surface area contributed by atoms with Crippen molar-refractivity contribution < 1.29 is 0 Å². The van der Waals surface area contributed by atoms with Gasteiger partial charge in [-0.15, -0.1) is 0 Å². The van der Waals surface area contributed by atoms with Crippen LogP contribution >= 0.6 is 0 Å². The lowest BCUT2D eigenvalue weighted by atomic mass is 9.99. The van der Waals surface area contributed by atoms with Crippen molar-refractivity contribution in [2.75, 3.05) is 13.6 Å². The Hall–Kier alpha value is -0.860. The molecular formula is C12H18N2. The fourth-order valence-corrected chi connectivity index (χ4v) is 2.29. The largest absolute Gasteiger partial charge is 0.323 e. The molecule has 2 unspecified atom stereocenters. The van der Waals surface area contributed by atoms with Gasteiger partial charge in [-0.25, -0.2) is 0 Å². The van der Waals surface area contributed by atoms with Crippen LogP contribution in [0.1, 0.15) is 24.4 Å². The van der Waals surface area contributed by atoms with Crippen molar-refractivity contribution >= 4 is 0 Å². The molecule has 0 aromatic heterocycles. The molecule has 2 rings (SSSR count). The van der Waals surface area contributed by atoms with Crippen molar-refractivity contribution in [2.45, 2.75) is 24.9 Å². The molecule has 1 aliphatic heterocycles. The SMILES string of the molecule is CN1CCCC1C(N)c1ccccc1. The standard InChI is InChI=1S/C12H18N2/c1-14-9-5-8-11(14)12(13)10-6-3-2-4-7-10/h2-4,6-7,11-12H,5,8-9,13H2,1H3. The number of likely N-dealkylation sites (tertiary alicyclic amines) is 1. The van der Waals surface area contributed by atoms with Crippen LogP contribution in [0.5, 0.6) is 0 Å². The Morgan fingerprint density at radius 1 is 1.36 bits per heavy atom. The van der Waals surface area contributed by atoms with Crippen LogP contribution in [0.4, 0.5) is 0 Å². The average Bonchev–Trinajstić information content (AvgIpc) is 2.65. The minimum Gasteiger partial charge on any atom is -0.323 e. The molecule has 76 valence electrons. The van der Waals surface area contributed by atoms with Gasteiger partial charge in [-0.2, -0.15) is 0 Å².